The molecule has 1 rings (SSSR count). The van der Waals surface area contributed by atoms with Crippen molar-refractivity contribution in [2.45, 2.75) is 25.5 Å². The van der Waals surface area contributed by atoms with Crippen LogP contribution in [0.5, 0.6) is 5.75 Å². The van der Waals surface area contributed by atoms with E-state index >= 15 is 0 Å². The molecule has 0 radical (unpaired) electrons. The number of aliphatic carboxylic acids is 1. The standard InChI is InChI=1S/C13H16FNO5/c1-8(20-11-5-3-2-4-9(11)14)12(17)15-10(6-7-16)13(18)19/h2-5,8,10,16H,6-7H2,1H3,(H,15,17)(H,18,19)/t8?,10-/m1/s1. The van der Waals surface area contributed by atoms with Gasteiger partial charge in [-0.2, -0.15) is 0 Å². The lowest BCUT2D eigenvalue weighted by Crippen LogP contribution is -2.46. The number of carbonyl (C=O) groups excluding carboxylic acids is 1. The highest BCUT2D eigenvalue weighted by atomic mass is 19.1. The van der Waals surface area contributed by atoms with Crippen molar-refractivity contribution in [1.82, 2.24) is 5.32 Å². The monoisotopic (exact) mass is 285 g/mol. The van der Waals surface area contributed by atoms with Crippen molar-refractivity contribution < 1.29 is 28.9 Å². The van der Waals surface area contributed by atoms with E-state index in [9.17, 15) is 14.0 Å². The van der Waals surface area contributed by atoms with E-state index in [2.05, 4.69) is 5.32 Å². The molecule has 3 N–H and O–H groups in total. The summed E-state index contributed by atoms with van der Waals surface area (Å²) in [4.78, 5) is 22.6. The molecule has 1 aromatic carbocycles. The van der Waals surface area contributed by atoms with Gasteiger partial charge in [0.2, 0.25) is 0 Å². The van der Waals surface area contributed by atoms with Gasteiger partial charge in [-0.05, 0) is 19.1 Å². The number of rotatable bonds is 7. The summed E-state index contributed by atoms with van der Waals surface area (Å²) in [5.41, 5.74) is 0. The lowest BCUT2D eigenvalue weighted by atomic mass is 10.2. The van der Waals surface area contributed by atoms with Gasteiger partial charge in [-0.3, -0.25) is 4.79 Å². The minimum Gasteiger partial charge on any atom is -0.480 e. The zero-order valence-corrected chi connectivity index (χ0v) is 10.9. The summed E-state index contributed by atoms with van der Waals surface area (Å²) < 4.78 is 18.5. The molecule has 110 valence electrons. The molecule has 0 heterocycles. The second-order valence-electron chi connectivity index (χ2n) is 4.10. The van der Waals surface area contributed by atoms with Gasteiger partial charge < -0.3 is 20.3 Å². The Hall–Kier alpha value is -2.15. The predicted octanol–water partition coefficient (Wildman–Crippen LogP) is 0.545. The SMILES string of the molecule is CC(Oc1ccccc1F)C(=O)N[C@H](CCO)C(=O)O. The number of carbonyl (C=O) groups is 2. The Balaban J connectivity index is 2.63. The van der Waals surface area contributed by atoms with Crippen molar-refractivity contribution in [1.29, 1.82) is 0 Å². The summed E-state index contributed by atoms with van der Waals surface area (Å²) in [5.74, 6) is -2.67. The zero-order valence-electron chi connectivity index (χ0n) is 10.9. The van der Waals surface area contributed by atoms with E-state index in [-0.39, 0.29) is 18.8 Å². The topological polar surface area (TPSA) is 95.9 Å². The molecule has 7 heteroatoms. The first kappa shape index (κ1) is 15.9. The number of aliphatic hydroxyl groups is 1. The molecular formula is C13H16FNO5. The van der Waals surface area contributed by atoms with Gasteiger partial charge in [-0.1, -0.05) is 12.1 Å². The summed E-state index contributed by atoms with van der Waals surface area (Å²) >= 11 is 0. The van der Waals surface area contributed by atoms with Crippen LogP contribution in [0.15, 0.2) is 24.3 Å². The van der Waals surface area contributed by atoms with Crippen LogP contribution >= 0.6 is 0 Å². The summed E-state index contributed by atoms with van der Waals surface area (Å²) in [6.07, 6.45) is -1.18. The fraction of sp³-hybridized carbons (Fsp3) is 0.385. The number of carboxylic acid groups (broad SMARTS) is 1. The van der Waals surface area contributed by atoms with Crippen molar-refractivity contribution in [2.75, 3.05) is 6.61 Å². The van der Waals surface area contributed by atoms with Crippen molar-refractivity contribution in [3.63, 3.8) is 0 Å². The van der Waals surface area contributed by atoms with Gasteiger partial charge in [0.1, 0.15) is 6.04 Å². The molecule has 0 aromatic heterocycles. The molecule has 0 aliphatic carbocycles. The highest BCUT2D eigenvalue weighted by Crippen LogP contribution is 2.17. The van der Waals surface area contributed by atoms with E-state index in [1.807, 2.05) is 0 Å². The van der Waals surface area contributed by atoms with Gasteiger partial charge in [-0.25, -0.2) is 9.18 Å². The molecule has 20 heavy (non-hydrogen) atoms. The first-order valence-electron chi connectivity index (χ1n) is 6.01. The van der Waals surface area contributed by atoms with E-state index in [0.29, 0.717) is 0 Å². The average Bonchev–Trinajstić information content (AvgIpc) is 2.40. The van der Waals surface area contributed by atoms with Gasteiger partial charge in [-0.15, -0.1) is 0 Å². The highest BCUT2D eigenvalue weighted by molar-refractivity contribution is 5.86. The van der Waals surface area contributed by atoms with Crippen molar-refractivity contribution in [2.24, 2.45) is 0 Å². The Labute approximate surface area is 115 Å². The Morgan fingerprint density at radius 2 is 2.05 bits per heavy atom. The molecule has 0 saturated heterocycles. The molecular weight excluding hydrogens is 269 g/mol. The molecule has 0 spiro atoms. The Bertz CT molecular complexity index is 480. The van der Waals surface area contributed by atoms with Crippen molar-refractivity contribution in [3.8, 4) is 5.75 Å². The molecule has 0 aliphatic heterocycles. The molecule has 6 nitrogen and oxygen atoms in total. The fourth-order valence-corrected chi connectivity index (χ4v) is 1.46. The summed E-state index contributed by atoms with van der Waals surface area (Å²) in [6.45, 7) is 0.999. The molecule has 0 bridgehead atoms. The first-order valence-corrected chi connectivity index (χ1v) is 6.01. The number of nitrogens with one attached hydrogen (secondary N) is 1. The lowest BCUT2D eigenvalue weighted by molar-refractivity contribution is -0.143. The van der Waals surface area contributed by atoms with Gasteiger partial charge in [0.05, 0.1) is 0 Å². The maximum absolute atomic E-state index is 13.3. The summed E-state index contributed by atoms with van der Waals surface area (Å²) in [6, 6.07) is 4.37. The zero-order chi connectivity index (χ0) is 15.1. The van der Waals surface area contributed by atoms with Crippen LogP contribution in [0.3, 0.4) is 0 Å². The van der Waals surface area contributed by atoms with Crippen LogP contribution in [-0.2, 0) is 9.59 Å². The number of halogens is 1. The molecule has 0 saturated carbocycles. The van der Waals surface area contributed by atoms with Crippen LogP contribution in [-0.4, -0.2) is 40.8 Å². The molecule has 1 aromatic rings. The Morgan fingerprint density at radius 3 is 2.60 bits per heavy atom. The number of para-hydroxylation sites is 1. The van der Waals surface area contributed by atoms with Gasteiger partial charge in [0.15, 0.2) is 17.7 Å². The Kier molecular flexibility index (Phi) is 5.92. The van der Waals surface area contributed by atoms with E-state index in [1.165, 1.54) is 25.1 Å². The van der Waals surface area contributed by atoms with Crippen molar-refractivity contribution in [3.05, 3.63) is 30.1 Å². The third kappa shape index (κ3) is 4.51. The van der Waals surface area contributed by atoms with E-state index in [1.54, 1.807) is 6.07 Å². The third-order valence-electron chi connectivity index (χ3n) is 2.54. The summed E-state index contributed by atoms with van der Waals surface area (Å²) in [7, 11) is 0. The number of benzene rings is 1. The second kappa shape index (κ2) is 7.44. The average molecular weight is 285 g/mol. The van der Waals surface area contributed by atoms with Crippen molar-refractivity contribution >= 4 is 11.9 Å². The fourth-order valence-electron chi connectivity index (χ4n) is 1.46. The number of hydrogen-bond acceptors (Lipinski definition) is 4. The minimum absolute atomic E-state index is 0.0933. The number of amides is 1. The smallest absolute Gasteiger partial charge is 0.326 e. The number of ether oxygens (including phenoxy) is 1. The predicted molar refractivity (Wildman–Crippen MR) is 67.8 cm³/mol. The van der Waals surface area contributed by atoms with E-state index < -0.39 is 29.8 Å². The Morgan fingerprint density at radius 1 is 1.40 bits per heavy atom. The minimum atomic E-state index is -1.26. The molecule has 1 amide bonds. The maximum atomic E-state index is 13.3. The summed E-state index contributed by atoms with van der Waals surface area (Å²) in [5, 5.41) is 19.8. The van der Waals surface area contributed by atoms with Crippen LogP contribution < -0.4 is 10.1 Å². The van der Waals surface area contributed by atoms with Crippen LogP contribution in [0, 0.1) is 5.82 Å². The van der Waals surface area contributed by atoms with E-state index in [0.717, 1.165) is 0 Å². The molecule has 0 aliphatic rings. The van der Waals surface area contributed by atoms with Gasteiger partial charge in [0.25, 0.3) is 5.91 Å². The normalized spacial score (nSPS) is 13.3. The maximum Gasteiger partial charge on any atom is 0.326 e. The molecule has 0 fully saturated rings. The van der Waals surface area contributed by atoms with Crippen LogP contribution in [0.4, 0.5) is 4.39 Å². The van der Waals surface area contributed by atoms with Gasteiger partial charge in [0, 0.05) is 13.0 Å². The number of carboxylic acids is 1. The number of aliphatic hydroxyl groups excluding tert-OH is 1. The second-order valence-corrected chi connectivity index (χ2v) is 4.10. The van der Waals surface area contributed by atoms with Crippen LogP contribution in [0.1, 0.15) is 13.3 Å². The largest absolute Gasteiger partial charge is 0.480 e. The van der Waals surface area contributed by atoms with Gasteiger partial charge >= 0.3 is 5.97 Å². The third-order valence-corrected chi connectivity index (χ3v) is 2.54. The highest BCUT2D eigenvalue weighted by Gasteiger charge is 2.23. The lowest BCUT2D eigenvalue weighted by Gasteiger charge is -2.18. The first-order chi connectivity index (χ1) is 9.45. The number of hydrogen-bond donors (Lipinski definition) is 3. The van der Waals surface area contributed by atoms with Crippen LogP contribution in [0.25, 0.3) is 0 Å². The van der Waals surface area contributed by atoms with Crippen LogP contribution in [0.2, 0.25) is 0 Å². The quantitative estimate of drug-likeness (QED) is 0.679. The van der Waals surface area contributed by atoms with E-state index in [4.69, 9.17) is 14.9 Å². The molecule has 2 atom stereocenters. The molecule has 1 unspecified atom stereocenters.